The lowest BCUT2D eigenvalue weighted by Crippen LogP contribution is -2.07. The molecule has 2 aromatic rings. The second-order valence-corrected chi connectivity index (χ2v) is 5.25. The summed E-state index contributed by atoms with van der Waals surface area (Å²) in [5.74, 6) is 0. The van der Waals surface area contributed by atoms with E-state index in [9.17, 15) is 5.11 Å². The molecule has 2 heterocycles. The lowest BCUT2D eigenvalue weighted by atomic mass is 10.0. The summed E-state index contributed by atoms with van der Waals surface area (Å²) in [6.07, 6.45) is 0.187. The Hall–Kier alpha value is -1.26. The highest BCUT2D eigenvalue weighted by Gasteiger charge is 2.16. The molecule has 1 unspecified atom stereocenters. The van der Waals surface area contributed by atoms with Crippen molar-refractivity contribution in [1.82, 2.24) is 10.2 Å². The van der Waals surface area contributed by atoms with Crippen LogP contribution >= 0.6 is 11.3 Å². The number of rotatable bonds is 3. The molecule has 0 radical (unpaired) electrons. The standard InChI is InChI=1S/C13H16N2OS/c1-4-12-11(5-8(2)14-15-12)13(16)10-6-9(3)17-7-10/h5-7,13,16H,4H2,1-3H3. The third-order valence-corrected chi connectivity index (χ3v) is 3.60. The number of hydrogen-bond donors (Lipinski definition) is 1. The lowest BCUT2D eigenvalue weighted by molar-refractivity contribution is 0.218. The number of aliphatic hydroxyl groups excluding tert-OH is 1. The fourth-order valence-corrected chi connectivity index (χ4v) is 2.56. The van der Waals surface area contributed by atoms with E-state index in [0.29, 0.717) is 0 Å². The third-order valence-electron chi connectivity index (χ3n) is 2.72. The molecule has 0 aliphatic carbocycles. The van der Waals surface area contributed by atoms with Crippen molar-refractivity contribution in [3.8, 4) is 0 Å². The normalized spacial score (nSPS) is 12.7. The molecule has 4 heteroatoms. The van der Waals surface area contributed by atoms with Crippen LogP contribution in [-0.4, -0.2) is 15.3 Å². The summed E-state index contributed by atoms with van der Waals surface area (Å²) < 4.78 is 0. The van der Waals surface area contributed by atoms with Crippen molar-refractivity contribution in [1.29, 1.82) is 0 Å². The summed E-state index contributed by atoms with van der Waals surface area (Å²) in [4.78, 5) is 1.20. The van der Waals surface area contributed by atoms with Crippen molar-refractivity contribution in [3.05, 3.63) is 44.9 Å². The van der Waals surface area contributed by atoms with Crippen LogP contribution in [0.15, 0.2) is 17.5 Å². The van der Waals surface area contributed by atoms with Gasteiger partial charge in [-0.05, 0) is 43.3 Å². The number of hydrogen-bond acceptors (Lipinski definition) is 4. The maximum absolute atomic E-state index is 10.4. The Kier molecular flexibility index (Phi) is 3.54. The molecule has 17 heavy (non-hydrogen) atoms. The molecule has 1 N–H and O–H groups in total. The van der Waals surface area contributed by atoms with Crippen LogP contribution < -0.4 is 0 Å². The fourth-order valence-electron chi connectivity index (χ4n) is 1.83. The van der Waals surface area contributed by atoms with E-state index in [1.165, 1.54) is 4.88 Å². The maximum atomic E-state index is 10.4. The predicted octanol–water partition coefficient (Wildman–Crippen LogP) is 2.80. The maximum Gasteiger partial charge on any atom is 0.107 e. The van der Waals surface area contributed by atoms with Gasteiger partial charge in [0.1, 0.15) is 6.10 Å². The number of aryl methyl sites for hydroxylation is 3. The number of thiophene rings is 1. The predicted molar refractivity (Wildman–Crippen MR) is 69.3 cm³/mol. The van der Waals surface area contributed by atoms with Gasteiger partial charge in [-0.25, -0.2) is 0 Å². The monoisotopic (exact) mass is 248 g/mol. The van der Waals surface area contributed by atoms with E-state index < -0.39 is 6.10 Å². The van der Waals surface area contributed by atoms with Gasteiger partial charge in [0.05, 0.1) is 11.4 Å². The van der Waals surface area contributed by atoms with E-state index in [2.05, 4.69) is 10.2 Å². The second kappa shape index (κ2) is 4.94. The summed E-state index contributed by atoms with van der Waals surface area (Å²) in [7, 11) is 0. The summed E-state index contributed by atoms with van der Waals surface area (Å²) in [6.45, 7) is 5.95. The van der Waals surface area contributed by atoms with Crippen LogP contribution in [0.1, 0.15) is 40.4 Å². The summed E-state index contributed by atoms with van der Waals surface area (Å²) in [5.41, 5.74) is 3.52. The highest BCUT2D eigenvalue weighted by atomic mass is 32.1. The highest BCUT2D eigenvalue weighted by Crippen LogP contribution is 2.27. The van der Waals surface area contributed by atoms with Crippen LogP contribution in [0, 0.1) is 13.8 Å². The molecule has 3 nitrogen and oxygen atoms in total. The van der Waals surface area contributed by atoms with E-state index in [1.807, 2.05) is 38.3 Å². The third kappa shape index (κ3) is 2.53. The van der Waals surface area contributed by atoms with Gasteiger partial charge in [0.25, 0.3) is 0 Å². The van der Waals surface area contributed by atoms with Crippen molar-refractivity contribution in [3.63, 3.8) is 0 Å². The highest BCUT2D eigenvalue weighted by molar-refractivity contribution is 7.10. The molecule has 2 rings (SSSR count). The quantitative estimate of drug-likeness (QED) is 0.908. The van der Waals surface area contributed by atoms with Crippen molar-refractivity contribution in [2.24, 2.45) is 0 Å². The van der Waals surface area contributed by atoms with E-state index in [-0.39, 0.29) is 0 Å². The molecule has 0 saturated heterocycles. The molecule has 90 valence electrons. The molecule has 1 atom stereocenters. The Bertz CT molecular complexity index is 522. The second-order valence-electron chi connectivity index (χ2n) is 4.13. The largest absolute Gasteiger partial charge is 0.384 e. The van der Waals surface area contributed by atoms with Crippen LogP contribution in [0.5, 0.6) is 0 Å². The molecule has 2 aromatic heterocycles. The van der Waals surface area contributed by atoms with Crippen LogP contribution in [0.3, 0.4) is 0 Å². The van der Waals surface area contributed by atoms with Gasteiger partial charge in [0.2, 0.25) is 0 Å². The van der Waals surface area contributed by atoms with Gasteiger partial charge < -0.3 is 5.11 Å². The zero-order valence-electron chi connectivity index (χ0n) is 10.3. The first kappa shape index (κ1) is 12.2. The summed E-state index contributed by atoms with van der Waals surface area (Å²) >= 11 is 1.65. The lowest BCUT2D eigenvalue weighted by Gasteiger charge is -2.13. The molecule has 0 aliphatic rings. The molecular formula is C13H16N2OS. The molecule has 0 bridgehead atoms. The molecule has 0 fully saturated rings. The van der Waals surface area contributed by atoms with E-state index >= 15 is 0 Å². The van der Waals surface area contributed by atoms with Crippen molar-refractivity contribution in [2.75, 3.05) is 0 Å². The average Bonchev–Trinajstić information content (AvgIpc) is 2.75. The smallest absolute Gasteiger partial charge is 0.107 e. The van der Waals surface area contributed by atoms with Gasteiger partial charge in [0, 0.05) is 10.4 Å². The first-order valence-electron chi connectivity index (χ1n) is 5.68. The minimum Gasteiger partial charge on any atom is -0.384 e. The van der Waals surface area contributed by atoms with Crippen LogP contribution in [0.2, 0.25) is 0 Å². The minimum absolute atomic E-state index is 0.593. The van der Waals surface area contributed by atoms with Gasteiger partial charge in [0.15, 0.2) is 0 Å². The zero-order chi connectivity index (χ0) is 12.4. The van der Waals surface area contributed by atoms with Crippen molar-refractivity contribution < 1.29 is 5.11 Å². The Morgan fingerprint density at radius 2 is 2.06 bits per heavy atom. The Labute approximate surface area is 105 Å². The first-order chi connectivity index (χ1) is 8.11. The number of nitrogens with zero attached hydrogens (tertiary/aromatic N) is 2. The first-order valence-corrected chi connectivity index (χ1v) is 6.56. The molecule has 0 saturated carbocycles. The molecular weight excluding hydrogens is 232 g/mol. The number of aromatic nitrogens is 2. The molecule has 0 aromatic carbocycles. The number of aliphatic hydroxyl groups is 1. The fraction of sp³-hybridized carbons (Fsp3) is 0.385. The van der Waals surface area contributed by atoms with E-state index in [0.717, 1.165) is 28.9 Å². The Morgan fingerprint density at radius 3 is 2.65 bits per heavy atom. The van der Waals surface area contributed by atoms with Gasteiger partial charge in [-0.2, -0.15) is 10.2 Å². The van der Waals surface area contributed by atoms with Crippen molar-refractivity contribution in [2.45, 2.75) is 33.3 Å². The summed E-state index contributed by atoms with van der Waals surface area (Å²) in [6, 6.07) is 3.94. The SMILES string of the molecule is CCc1nnc(C)cc1C(O)c1csc(C)c1. The molecule has 0 aliphatic heterocycles. The Morgan fingerprint density at radius 1 is 1.29 bits per heavy atom. The van der Waals surface area contributed by atoms with Crippen LogP contribution in [-0.2, 0) is 6.42 Å². The van der Waals surface area contributed by atoms with Gasteiger partial charge >= 0.3 is 0 Å². The van der Waals surface area contributed by atoms with E-state index in [4.69, 9.17) is 0 Å². The van der Waals surface area contributed by atoms with Crippen molar-refractivity contribution >= 4 is 11.3 Å². The average molecular weight is 248 g/mol. The topological polar surface area (TPSA) is 46.0 Å². The minimum atomic E-state index is -0.593. The van der Waals surface area contributed by atoms with Gasteiger partial charge in [-0.3, -0.25) is 0 Å². The molecule has 0 amide bonds. The Balaban J connectivity index is 2.42. The van der Waals surface area contributed by atoms with Gasteiger partial charge in [-0.1, -0.05) is 6.92 Å². The van der Waals surface area contributed by atoms with Crippen LogP contribution in [0.4, 0.5) is 0 Å². The molecule has 0 spiro atoms. The summed E-state index contributed by atoms with van der Waals surface area (Å²) in [5, 5.41) is 20.6. The van der Waals surface area contributed by atoms with Gasteiger partial charge in [-0.15, -0.1) is 11.3 Å². The van der Waals surface area contributed by atoms with Crippen LogP contribution in [0.25, 0.3) is 0 Å². The van der Waals surface area contributed by atoms with E-state index in [1.54, 1.807) is 11.3 Å². The zero-order valence-corrected chi connectivity index (χ0v) is 11.1.